The van der Waals surface area contributed by atoms with Crippen LogP contribution in [0.5, 0.6) is 0 Å². The molecule has 25 heavy (non-hydrogen) atoms. The number of ketones is 1. The molecule has 1 aliphatic rings. The van der Waals surface area contributed by atoms with Crippen LogP contribution >= 0.6 is 0 Å². The van der Waals surface area contributed by atoms with Crippen molar-refractivity contribution in [1.82, 2.24) is 15.2 Å². The van der Waals surface area contributed by atoms with Gasteiger partial charge >= 0.3 is 0 Å². The molecule has 130 valence electrons. The van der Waals surface area contributed by atoms with Crippen molar-refractivity contribution in [3.05, 3.63) is 69.6 Å². The van der Waals surface area contributed by atoms with Crippen LogP contribution in [-0.2, 0) is 6.54 Å². The number of carbonyl (C=O) groups is 2. The van der Waals surface area contributed by atoms with Gasteiger partial charge in [0, 0.05) is 25.2 Å². The van der Waals surface area contributed by atoms with Crippen LogP contribution in [0.2, 0.25) is 0 Å². The lowest BCUT2D eigenvalue weighted by molar-refractivity contribution is 0.0944. The van der Waals surface area contributed by atoms with Crippen molar-refractivity contribution >= 4 is 11.7 Å². The van der Waals surface area contributed by atoms with Gasteiger partial charge < -0.3 is 15.2 Å². The van der Waals surface area contributed by atoms with E-state index < -0.39 is 11.5 Å². The van der Waals surface area contributed by atoms with Gasteiger partial charge in [-0.05, 0) is 30.6 Å². The molecule has 1 fully saturated rings. The average molecular weight is 339 g/mol. The highest BCUT2D eigenvalue weighted by molar-refractivity contribution is 6.00. The Hall–Kier alpha value is -2.73. The van der Waals surface area contributed by atoms with Gasteiger partial charge in [-0.15, -0.1) is 0 Å². The van der Waals surface area contributed by atoms with Gasteiger partial charge in [-0.1, -0.05) is 30.3 Å². The van der Waals surface area contributed by atoms with Crippen LogP contribution in [0.4, 0.5) is 0 Å². The predicted molar refractivity (Wildman–Crippen MR) is 94.9 cm³/mol. The Kier molecular flexibility index (Phi) is 5.09. The molecule has 0 bridgehead atoms. The SMILES string of the molecule is CNC(=O)c1cc(C(=O)CC2CNC2)cn(Cc2ccccc2)c1=O. The number of Topliss-reactive ketones (excluding diaryl/α,β-unsaturated/α-hetero) is 1. The maximum Gasteiger partial charge on any atom is 0.263 e. The molecule has 2 heterocycles. The minimum atomic E-state index is -0.480. The quantitative estimate of drug-likeness (QED) is 0.771. The standard InChI is InChI=1S/C19H21N3O3/c1-20-18(24)16-8-15(17(23)7-14-9-21-10-14)12-22(19(16)25)11-13-5-3-2-4-6-13/h2-6,8,12,14,21H,7,9-11H2,1H3,(H,20,24). The minimum absolute atomic E-state index is 0.00369. The zero-order valence-electron chi connectivity index (χ0n) is 14.1. The number of amides is 1. The number of nitrogens with one attached hydrogen (secondary N) is 2. The number of pyridine rings is 1. The molecule has 0 aliphatic carbocycles. The lowest BCUT2D eigenvalue weighted by Crippen LogP contribution is -2.43. The van der Waals surface area contributed by atoms with E-state index in [0.717, 1.165) is 18.7 Å². The molecule has 0 saturated carbocycles. The van der Waals surface area contributed by atoms with Gasteiger partial charge in [-0.2, -0.15) is 0 Å². The fraction of sp³-hybridized carbons (Fsp3) is 0.316. The molecule has 2 N–H and O–H groups in total. The summed E-state index contributed by atoms with van der Waals surface area (Å²) in [6.45, 7) is 1.98. The monoisotopic (exact) mass is 339 g/mol. The summed E-state index contributed by atoms with van der Waals surface area (Å²) >= 11 is 0. The fourth-order valence-electron chi connectivity index (χ4n) is 2.86. The summed E-state index contributed by atoms with van der Waals surface area (Å²) in [5.74, 6) is -0.198. The molecule has 6 nitrogen and oxygen atoms in total. The number of aromatic nitrogens is 1. The Bertz CT molecular complexity index is 839. The van der Waals surface area contributed by atoms with Crippen molar-refractivity contribution < 1.29 is 9.59 Å². The Morgan fingerprint density at radius 3 is 2.56 bits per heavy atom. The maximum atomic E-state index is 12.6. The summed E-state index contributed by atoms with van der Waals surface area (Å²) in [5, 5.41) is 5.61. The highest BCUT2D eigenvalue weighted by Gasteiger charge is 2.23. The van der Waals surface area contributed by atoms with Gasteiger partial charge in [0.15, 0.2) is 5.78 Å². The lowest BCUT2D eigenvalue weighted by Gasteiger charge is -2.26. The van der Waals surface area contributed by atoms with E-state index in [9.17, 15) is 14.4 Å². The summed E-state index contributed by atoms with van der Waals surface area (Å²) in [4.78, 5) is 37.2. The summed E-state index contributed by atoms with van der Waals surface area (Å²) in [5.41, 5.74) is 0.933. The number of carbonyl (C=O) groups excluding carboxylic acids is 2. The van der Waals surface area contributed by atoms with Gasteiger partial charge in [-0.3, -0.25) is 14.4 Å². The van der Waals surface area contributed by atoms with Gasteiger partial charge in [0.05, 0.1) is 6.54 Å². The van der Waals surface area contributed by atoms with Crippen molar-refractivity contribution in [2.45, 2.75) is 13.0 Å². The number of nitrogens with zero attached hydrogens (tertiary/aromatic N) is 1. The molecule has 1 amide bonds. The zero-order chi connectivity index (χ0) is 17.8. The highest BCUT2D eigenvalue weighted by atomic mass is 16.2. The van der Waals surface area contributed by atoms with E-state index in [-0.39, 0.29) is 11.3 Å². The molecule has 2 aromatic rings. The van der Waals surface area contributed by atoms with E-state index in [0.29, 0.717) is 24.4 Å². The molecule has 0 radical (unpaired) electrons. The second kappa shape index (κ2) is 7.44. The molecular weight excluding hydrogens is 318 g/mol. The van der Waals surface area contributed by atoms with E-state index in [1.807, 2.05) is 30.3 Å². The van der Waals surface area contributed by atoms with Crippen LogP contribution in [0.1, 0.15) is 32.7 Å². The van der Waals surface area contributed by atoms with Gasteiger partial charge in [-0.25, -0.2) is 0 Å². The van der Waals surface area contributed by atoms with Crippen LogP contribution in [0, 0.1) is 5.92 Å². The summed E-state index contributed by atoms with van der Waals surface area (Å²) in [6.07, 6.45) is 1.99. The first-order chi connectivity index (χ1) is 12.1. The molecule has 1 aromatic carbocycles. The third-order valence-corrected chi connectivity index (χ3v) is 4.42. The van der Waals surface area contributed by atoms with Gasteiger partial charge in [0.2, 0.25) is 0 Å². The number of benzene rings is 1. The second-order valence-electron chi connectivity index (χ2n) is 6.29. The van der Waals surface area contributed by atoms with Crippen molar-refractivity contribution in [2.24, 2.45) is 5.92 Å². The summed E-state index contributed by atoms with van der Waals surface area (Å²) in [7, 11) is 1.47. The van der Waals surface area contributed by atoms with Crippen molar-refractivity contribution in [2.75, 3.05) is 20.1 Å². The average Bonchev–Trinajstić information content (AvgIpc) is 2.60. The van der Waals surface area contributed by atoms with E-state index in [2.05, 4.69) is 10.6 Å². The minimum Gasteiger partial charge on any atom is -0.355 e. The van der Waals surface area contributed by atoms with Crippen molar-refractivity contribution in [3.8, 4) is 0 Å². The molecular formula is C19H21N3O3. The Morgan fingerprint density at radius 1 is 1.24 bits per heavy atom. The van der Waals surface area contributed by atoms with E-state index >= 15 is 0 Å². The largest absolute Gasteiger partial charge is 0.355 e. The first-order valence-electron chi connectivity index (χ1n) is 8.33. The topological polar surface area (TPSA) is 80.2 Å². The number of hydrogen-bond donors (Lipinski definition) is 2. The molecule has 0 atom stereocenters. The normalized spacial score (nSPS) is 14.0. The fourth-order valence-corrected chi connectivity index (χ4v) is 2.86. The van der Waals surface area contributed by atoms with E-state index in [1.54, 1.807) is 6.20 Å². The van der Waals surface area contributed by atoms with Crippen LogP contribution in [-0.4, -0.2) is 36.4 Å². The van der Waals surface area contributed by atoms with Crippen molar-refractivity contribution in [3.63, 3.8) is 0 Å². The highest BCUT2D eigenvalue weighted by Crippen LogP contribution is 2.14. The Morgan fingerprint density at radius 2 is 1.96 bits per heavy atom. The third kappa shape index (κ3) is 3.85. The van der Waals surface area contributed by atoms with E-state index in [4.69, 9.17) is 0 Å². The van der Waals surface area contributed by atoms with Crippen LogP contribution in [0.15, 0.2) is 47.4 Å². The Labute approximate surface area is 145 Å². The summed E-state index contributed by atoms with van der Waals surface area (Å²) < 4.78 is 1.44. The smallest absolute Gasteiger partial charge is 0.263 e. The van der Waals surface area contributed by atoms with Crippen molar-refractivity contribution in [1.29, 1.82) is 0 Å². The molecule has 0 spiro atoms. The van der Waals surface area contributed by atoms with Crippen LogP contribution in [0.3, 0.4) is 0 Å². The Balaban J connectivity index is 1.97. The van der Waals surface area contributed by atoms with Gasteiger partial charge in [0.1, 0.15) is 5.56 Å². The number of hydrogen-bond acceptors (Lipinski definition) is 4. The molecule has 3 rings (SSSR count). The predicted octanol–water partition coefficient (Wildman–Crippen LogP) is 1.05. The van der Waals surface area contributed by atoms with E-state index in [1.165, 1.54) is 17.7 Å². The molecule has 1 aromatic heterocycles. The first kappa shape index (κ1) is 17.1. The molecule has 1 saturated heterocycles. The van der Waals surface area contributed by atoms with Crippen LogP contribution < -0.4 is 16.2 Å². The molecule has 1 aliphatic heterocycles. The van der Waals surface area contributed by atoms with Crippen LogP contribution in [0.25, 0.3) is 0 Å². The first-order valence-corrected chi connectivity index (χ1v) is 8.33. The zero-order valence-corrected chi connectivity index (χ0v) is 14.1. The second-order valence-corrected chi connectivity index (χ2v) is 6.29. The number of rotatable bonds is 6. The van der Waals surface area contributed by atoms with Gasteiger partial charge in [0.25, 0.3) is 11.5 Å². The third-order valence-electron chi connectivity index (χ3n) is 4.42. The maximum absolute atomic E-state index is 12.6. The summed E-state index contributed by atoms with van der Waals surface area (Å²) in [6, 6.07) is 10.9. The molecule has 0 unspecified atom stereocenters. The molecule has 6 heteroatoms. The lowest BCUT2D eigenvalue weighted by atomic mass is 9.94.